The smallest absolute Gasteiger partial charge is 0.337 e. The predicted molar refractivity (Wildman–Crippen MR) is 362 cm³/mol. The Morgan fingerprint density at radius 1 is 0.357 bits per heavy atom. The van der Waals surface area contributed by atoms with Crippen molar-refractivity contribution >= 4 is 28.1 Å². The maximum atomic E-state index is 13.1. The first-order valence-corrected chi connectivity index (χ1v) is 38.7. The molecule has 5 rings (SSSR count). The molecule has 0 bridgehead atoms. The van der Waals surface area contributed by atoms with Crippen LogP contribution in [-0.2, 0) is 12.8 Å². The van der Waals surface area contributed by atoms with Crippen LogP contribution in [0.2, 0.25) is 39.3 Å². The molecule has 0 spiro atoms. The normalized spacial score (nSPS) is 10.8. The highest BCUT2D eigenvalue weighted by atomic mass is 28.3. The fraction of sp³-hybridized carbons (Fsp3) is 0.436. The lowest BCUT2D eigenvalue weighted by Gasteiger charge is -2.12. The van der Waals surface area contributed by atoms with Gasteiger partial charge in [-0.25, -0.2) is 9.59 Å². The number of hydrogen-bond donors (Lipinski definition) is 2. The molecule has 0 fully saturated rings. The van der Waals surface area contributed by atoms with Crippen molar-refractivity contribution < 1.29 is 19.8 Å². The monoisotopic (exact) mass is 1150 g/mol. The van der Waals surface area contributed by atoms with Gasteiger partial charge >= 0.3 is 11.9 Å². The zero-order valence-electron chi connectivity index (χ0n) is 52.8. The van der Waals surface area contributed by atoms with Crippen molar-refractivity contribution in [2.24, 2.45) is 0 Å². The van der Waals surface area contributed by atoms with Gasteiger partial charge in [-0.1, -0.05) is 253 Å². The van der Waals surface area contributed by atoms with Crippen molar-refractivity contribution in [1.29, 1.82) is 0 Å². The van der Waals surface area contributed by atoms with E-state index in [0.29, 0.717) is 22.3 Å². The Morgan fingerprint density at radius 2 is 0.690 bits per heavy atom. The minimum Gasteiger partial charge on any atom is -0.478 e. The Morgan fingerprint density at radius 3 is 1.02 bits per heavy atom. The maximum absolute atomic E-state index is 13.1. The lowest BCUT2D eigenvalue weighted by atomic mass is 9.91. The third-order valence-electron chi connectivity index (χ3n) is 14.6. The molecule has 0 saturated heterocycles. The molecule has 2 N–H and O–H groups in total. The van der Waals surface area contributed by atoms with Gasteiger partial charge in [-0.2, -0.15) is 0 Å². The molecule has 0 atom stereocenters. The van der Waals surface area contributed by atoms with Gasteiger partial charge in [0.15, 0.2) is 0 Å². The van der Waals surface area contributed by atoms with Crippen LogP contribution in [0.1, 0.15) is 245 Å². The molecule has 6 heteroatoms. The minimum atomic E-state index is -1.82. The number of benzene rings is 5. The van der Waals surface area contributed by atoms with Crippen LogP contribution in [0.5, 0.6) is 0 Å². The molecule has 438 valence electrons. The van der Waals surface area contributed by atoms with E-state index in [-0.39, 0.29) is 11.1 Å². The van der Waals surface area contributed by atoms with E-state index in [1.54, 1.807) is 0 Å². The van der Waals surface area contributed by atoms with Gasteiger partial charge in [0, 0.05) is 57.3 Å². The van der Waals surface area contributed by atoms with Gasteiger partial charge < -0.3 is 10.2 Å². The zero-order chi connectivity index (χ0) is 60.7. The molecular formula is C78H94O4Si2. The number of unbranched alkanes of at least 4 members (excludes halogenated alkanes) is 18. The molecule has 0 aliphatic rings. The van der Waals surface area contributed by atoms with Gasteiger partial charge in [0.05, 0.1) is 11.1 Å². The highest BCUT2D eigenvalue weighted by molar-refractivity contribution is 6.84. The summed E-state index contributed by atoms with van der Waals surface area (Å²) in [7, 11) is -3.64. The Bertz CT molecular complexity index is 3160. The van der Waals surface area contributed by atoms with Crippen molar-refractivity contribution in [2.45, 2.75) is 221 Å². The Labute approximate surface area is 510 Å². The lowest BCUT2D eigenvalue weighted by molar-refractivity contribution is 0.0686. The van der Waals surface area contributed by atoms with Crippen molar-refractivity contribution in [3.63, 3.8) is 0 Å². The summed E-state index contributed by atoms with van der Waals surface area (Å²) in [5, 5.41) is 21.4. The van der Waals surface area contributed by atoms with E-state index < -0.39 is 28.1 Å². The van der Waals surface area contributed by atoms with E-state index in [2.05, 4.69) is 149 Å². The molecule has 0 aliphatic carbocycles. The quantitative estimate of drug-likeness (QED) is 0.0329. The lowest BCUT2D eigenvalue weighted by Crippen LogP contribution is -2.16. The molecule has 0 heterocycles. The first kappa shape index (κ1) is 67.6. The second-order valence-electron chi connectivity index (χ2n) is 24.6. The van der Waals surface area contributed by atoms with Crippen LogP contribution in [0.4, 0.5) is 0 Å². The van der Waals surface area contributed by atoms with Crippen LogP contribution in [-0.4, -0.2) is 38.3 Å². The molecule has 0 radical (unpaired) electrons. The fourth-order valence-corrected chi connectivity index (χ4v) is 11.0. The molecule has 0 aromatic heterocycles. The topological polar surface area (TPSA) is 74.6 Å². The first-order chi connectivity index (χ1) is 40.4. The van der Waals surface area contributed by atoms with Crippen molar-refractivity contribution in [3.8, 4) is 92.5 Å². The molecule has 0 unspecified atom stereocenters. The number of carbonyl (C=O) groups is 2. The third kappa shape index (κ3) is 23.8. The average molecular weight is 1150 g/mol. The number of carboxylic acids is 2. The number of aryl methyl sites for hydroxylation is 2. The van der Waals surface area contributed by atoms with Crippen molar-refractivity contribution in [3.05, 3.63) is 152 Å². The van der Waals surface area contributed by atoms with Crippen LogP contribution in [0.25, 0.3) is 22.3 Å². The number of rotatable bonds is 26. The zero-order valence-corrected chi connectivity index (χ0v) is 54.8. The number of carboxylic acid groups (broad SMARTS) is 2. The average Bonchev–Trinajstić information content (AvgIpc) is 3.61. The molecule has 0 saturated carbocycles. The molecule has 4 nitrogen and oxygen atoms in total. The summed E-state index contributed by atoms with van der Waals surface area (Å²) < 4.78 is 0. The van der Waals surface area contributed by atoms with Crippen molar-refractivity contribution in [1.82, 2.24) is 0 Å². The second-order valence-corrected chi connectivity index (χ2v) is 34.1. The van der Waals surface area contributed by atoms with E-state index in [4.69, 9.17) is 0 Å². The summed E-state index contributed by atoms with van der Waals surface area (Å²) in [6, 6.07) is 28.0. The molecule has 0 aliphatic heterocycles. The summed E-state index contributed by atoms with van der Waals surface area (Å²) in [6.07, 6.45) is 26.8. The molecular weight excluding hydrogens is 1060 g/mol. The fourth-order valence-electron chi connectivity index (χ4n) is 9.93. The van der Waals surface area contributed by atoms with Gasteiger partial charge in [-0.15, -0.1) is 11.1 Å². The summed E-state index contributed by atoms with van der Waals surface area (Å²) in [5.74, 6) is 32.2. The SMILES string of the molecule is CCCCCCC#Cc1cc(C#C[Si](C)(C)C)c(C(=O)O)c(-c2ccc(C#Cc3cc(CCCCCCCC)c(C#Cc4ccc(-c5cc(C#CCCCCCC)cc(C#C[Si](C)(C)C)c5C(=O)O)cc4)cc3CCCCCCCC)cc2)c1. The molecule has 5 aromatic rings. The van der Waals surface area contributed by atoms with E-state index in [0.717, 1.165) is 122 Å². The van der Waals surface area contributed by atoms with E-state index in [1.165, 1.54) is 88.2 Å². The first-order valence-electron chi connectivity index (χ1n) is 31.7. The Balaban J connectivity index is 1.57. The van der Waals surface area contributed by atoms with E-state index in [1.807, 2.05) is 72.8 Å². The van der Waals surface area contributed by atoms with E-state index in [9.17, 15) is 19.8 Å². The standard InChI is InChI=1S/C78H94O4Si2/c1-11-15-19-23-27-31-35-63-55-71(51-53-83(5,6)7)75(77(79)80)73(57-63)65-45-39-61(40-46-65)43-49-69-59-68(38-34-30-26-22-18-14-4)70(60-67(69)37-33-29-25-21-17-13-3)50-44-62-41-47-66(48-42-62)74-58-64(36-32-28-24-20-16-12-2)56-72(76(74)78(81)82)52-54-84(8,9)10/h39-42,45-48,55-60H,11-30,33-34,37-38H2,1-10H3,(H,79,80)(H,81,82). The molecule has 0 amide bonds. The molecule has 5 aromatic carbocycles. The largest absolute Gasteiger partial charge is 0.478 e. The third-order valence-corrected chi connectivity index (χ3v) is 16.4. The van der Waals surface area contributed by atoms with Crippen LogP contribution < -0.4 is 0 Å². The van der Waals surface area contributed by atoms with Gasteiger partial charge in [0.1, 0.15) is 16.1 Å². The van der Waals surface area contributed by atoms with Gasteiger partial charge in [-0.3, -0.25) is 0 Å². The minimum absolute atomic E-state index is 0.201. The Kier molecular flexibility index (Phi) is 28.9. The summed E-state index contributed by atoms with van der Waals surface area (Å²) in [5.41, 5.74) is 18.7. The van der Waals surface area contributed by atoms with Gasteiger partial charge in [0.25, 0.3) is 0 Å². The Hall–Kier alpha value is -7.17. The molecule has 84 heavy (non-hydrogen) atoms. The second kappa shape index (κ2) is 35.9. The van der Waals surface area contributed by atoms with Crippen LogP contribution in [0.15, 0.2) is 84.9 Å². The van der Waals surface area contributed by atoms with Gasteiger partial charge in [-0.05, 0) is 133 Å². The summed E-state index contributed by atoms with van der Waals surface area (Å²) in [4.78, 5) is 26.1. The highest BCUT2D eigenvalue weighted by Crippen LogP contribution is 2.31. The predicted octanol–water partition coefficient (Wildman–Crippen LogP) is 20.1. The van der Waals surface area contributed by atoms with Crippen LogP contribution >= 0.6 is 0 Å². The van der Waals surface area contributed by atoms with Crippen molar-refractivity contribution in [2.75, 3.05) is 0 Å². The van der Waals surface area contributed by atoms with Crippen LogP contribution in [0, 0.1) is 70.3 Å². The summed E-state index contributed by atoms with van der Waals surface area (Å²) in [6.45, 7) is 21.9. The maximum Gasteiger partial charge on any atom is 0.337 e. The van der Waals surface area contributed by atoms with Gasteiger partial charge in [0.2, 0.25) is 0 Å². The highest BCUT2D eigenvalue weighted by Gasteiger charge is 2.21. The van der Waals surface area contributed by atoms with E-state index >= 15 is 0 Å². The number of aromatic carboxylic acids is 2. The van der Waals surface area contributed by atoms with Crippen LogP contribution in [0.3, 0.4) is 0 Å². The number of hydrogen-bond acceptors (Lipinski definition) is 2. The summed E-state index contributed by atoms with van der Waals surface area (Å²) >= 11 is 0.